The molecule has 1 fully saturated rings. The smallest absolute Gasteiger partial charge is 0.351 e. The van der Waals surface area contributed by atoms with Crippen LogP contribution in [-0.2, 0) is 24.7 Å². The van der Waals surface area contributed by atoms with Crippen LogP contribution in [0.3, 0.4) is 0 Å². The lowest BCUT2D eigenvalue weighted by molar-refractivity contribution is -0.145. The second-order valence-electron chi connectivity index (χ2n) is 9.56. The maximum Gasteiger partial charge on any atom is 0.351 e. The highest BCUT2D eigenvalue weighted by Gasteiger charge is 2.49. The number of primary amides is 1. The predicted molar refractivity (Wildman–Crippen MR) is 159 cm³/mol. The number of carbonyl (C=O) groups is 3. The lowest BCUT2D eigenvalue weighted by Crippen LogP contribution is -2.54. The van der Waals surface area contributed by atoms with Gasteiger partial charge in [-0.05, 0) is 79.0 Å². The summed E-state index contributed by atoms with van der Waals surface area (Å²) >= 11 is 4.69. The monoisotopic (exact) mass is 644 g/mol. The minimum Gasteiger partial charge on any atom is -0.479 e. The summed E-state index contributed by atoms with van der Waals surface area (Å²) in [6.45, 7) is 4.99. The van der Waals surface area contributed by atoms with Crippen molar-refractivity contribution in [1.82, 2.24) is 5.32 Å². The number of esters is 2. The molecule has 1 aromatic heterocycles. The van der Waals surface area contributed by atoms with Gasteiger partial charge in [-0.15, -0.1) is 11.3 Å². The van der Waals surface area contributed by atoms with E-state index >= 15 is 0 Å². The van der Waals surface area contributed by atoms with Crippen LogP contribution in [0.1, 0.15) is 40.6 Å². The average molecular weight is 646 g/mol. The van der Waals surface area contributed by atoms with Crippen molar-refractivity contribution in [3.05, 3.63) is 69.0 Å². The van der Waals surface area contributed by atoms with Gasteiger partial charge in [-0.1, -0.05) is 36.4 Å². The van der Waals surface area contributed by atoms with Crippen molar-refractivity contribution in [1.29, 1.82) is 0 Å². The molecule has 41 heavy (non-hydrogen) atoms. The molecule has 0 bridgehead atoms. The second-order valence-corrected chi connectivity index (χ2v) is 11.4. The van der Waals surface area contributed by atoms with Crippen LogP contribution in [0.5, 0.6) is 11.5 Å². The molecule has 1 atom stereocenters. The van der Waals surface area contributed by atoms with E-state index in [1.165, 1.54) is 7.11 Å². The molecule has 4 rings (SSSR count). The van der Waals surface area contributed by atoms with E-state index in [0.717, 1.165) is 48.4 Å². The molecule has 0 spiro atoms. The first kappa shape index (κ1) is 30.5. The van der Waals surface area contributed by atoms with Gasteiger partial charge in [0.15, 0.2) is 17.2 Å². The van der Waals surface area contributed by atoms with E-state index in [0.29, 0.717) is 20.7 Å². The number of methoxy groups -OCH3 is 1. The maximum absolute atomic E-state index is 13.4. The molecule has 218 valence electrons. The second kappa shape index (κ2) is 13.5. The molecule has 1 amide bonds. The number of benzene rings is 2. The number of piperidine rings is 1. The first-order valence-electron chi connectivity index (χ1n) is 13.3. The van der Waals surface area contributed by atoms with E-state index < -0.39 is 23.4 Å². The van der Waals surface area contributed by atoms with Crippen LogP contribution in [-0.4, -0.2) is 51.3 Å². The number of ether oxygens (including phenoxy) is 4. The zero-order valence-electron chi connectivity index (χ0n) is 23.2. The quantitative estimate of drug-likeness (QED) is 0.280. The number of hydrogen-bond acceptors (Lipinski definition) is 9. The van der Waals surface area contributed by atoms with Crippen molar-refractivity contribution in [3.63, 3.8) is 0 Å². The van der Waals surface area contributed by atoms with E-state index in [-0.39, 0.29) is 29.8 Å². The normalized spacial score (nSPS) is 15.0. The van der Waals surface area contributed by atoms with Gasteiger partial charge >= 0.3 is 11.9 Å². The van der Waals surface area contributed by atoms with Crippen molar-refractivity contribution in [3.8, 4) is 21.9 Å². The average Bonchev–Trinajstić information content (AvgIpc) is 3.31. The fourth-order valence-corrected chi connectivity index (χ4v) is 7.09. The lowest BCUT2D eigenvalue weighted by atomic mass is 9.74. The third kappa shape index (κ3) is 6.42. The molecule has 9 nitrogen and oxygen atoms in total. The lowest BCUT2D eigenvalue weighted by Gasteiger charge is -2.41. The fourth-order valence-electron chi connectivity index (χ4n) is 5.12. The molecular weight excluding hydrogens is 612 g/mol. The standard InChI is InChI=1S/C30H33BrN2O7S/c1-4-38-23(34)17-39-25-24(31)26(41-27(25)28(35)37-3)19-9-7-10-21(16-19)40-30(29(32)36,20-12-14-33-15-13-20)22-11-6-5-8-18(22)2/h5-11,16,20,33H,4,12-15,17H2,1-3H3,(H2,32,36). The first-order valence-corrected chi connectivity index (χ1v) is 14.9. The Morgan fingerprint density at radius 2 is 1.85 bits per heavy atom. The van der Waals surface area contributed by atoms with Crippen molar-refractivity contribution in [2.24, 2.45) is 11.7 Å². The van der Waals surface area contributed by atoms with Crippen LogP contribution in [0, 0.1) is 12.8 Å². The summed E-state index contributed by atoms with van der Waals surface area (Å²) in [4.78, 5) is 38.7. The summed E-state index contributed by atoms with van der Waals surface area (Å²) in [6.07, 6.45) is 1.44. The fraction of sp³-hybridized carbons (Fsp3) is 0.367. The molecule has 0 aliphatic carbocycles. The summed E-state index contributed by atoms with van der Waals surface area (Å²) in [7, 11) is 1.27. The molecule has 1 aliphatic rings. The summed E-state index contributed by atoms with van der Waals surface area (Å²) in [5.74, 6) is -1.24. The largest absolute Gasteiger partial charge is 0.479 e. The number of aryl methyl sites for hydroxylation is 1. The molecule has 1 saturated heterocycles. The zero-order valence-corrected chi connectivity index (χ0v) is 25.6. The predicted octanol–water partition coefficient (Wildman–Crippen LogP) is 4.97. The van der Waals surface area contributed by atoms with Gasteiger partial charge in [0.05, 0.1) is 23.1 Å². The SMILES string of the molecule is CCOC(=O)COc1c(C(=O)OC)sc(-c2cccc(OC(C(N)=O)(c3ccccc3C)C3CCNCC3)c2)c1Br. The van der Waals surface area contributed by atoms with Crippen molar-refractivity contribution in [2.75, 3.05) is 33.4 Å². The van der Waals surface area contributed by atoms with Gasteiger partial charge in [0.2, 0.25) is 5.60 Å². The van der Waals surface area contributed by atoms with Gasteiger partial charge in [0.25, 0.3) is 5.91 Å². The third-order valence-corrected chi connectivity index (χ3v) is 9.24. The van der Waals surface area contributed by atoms with E-state index in [1.807, 2.05) is 37.3 Å². The molecule has 3 N–H and O–H groups in total. The molecular formula is C30H33BrN2O7S. The molecule has 2 aromatic carbocycles. The number of halogens is 1. The molecule has 1 unspecified atom stereocenters. The first-order chi connectivity index (χ1) is 19.7. The van der Waals surface area contributed by atoms with Crippen LogP contribution >= 0.6 is 27.3 Å². The van der Waals surface area contributed by atoms with Gasteiger partial charge < -0.3 is 30.0 Å². The van der Waals surface area contributed by atoms with E-state index in [2.05, 4.69) is 21.2 Å². The number of carbonyl (C=O) groups excluding carboxylic acids is 3. The molecule has 1 aliphatic heterocycles. The number of rotatable bonds is 11. The zero-order chi connectivity index (χ0) is 29.6. The van der Waals surface area contributed by atoms with Gasteiger partial charge in [0, 0.05) is 11.5 Å². The Kier molecular flexibility index (Phi) is 10.1. The maximum atomic E-state index is 13.4. The van der Waals surface area contributed by atoms with E-state index in [9.17, 15) is 14.4 Å². The Hall–Kier alpha value is -3.41. The summed E-state index contributed by atoms with van der Waals surface area (Å²) in [5, 5.41) is 3.35. The molecule has 3 aromatic rings. The van der Waals surface area contributed by atoms with Crippen molar-refractivity contribution in [2.45, 2.75) is 32.3 Å². The van der Waals surface area contributed by atoms with Crippen LogP contribution in [0.4, 0.5) is 0 Å². The molecule has 0 radical (unpaired) electrons. The highest BCUT2D eigenvalue weighted by atomic mass is 79.9. The number of hydrogen-bond donors (Lipinski definition) is 2. The number of nitrogens with one attached hydrogen (secondary N) is 1. The minimum atomic E-state index is -1.39. The highest BCUT2D eigenvalue weighted by Crippen LogP contribution is 2.47. The number of nitrogens with two attached hydrogens (primary N) is 1. The molecule has 11 heteroatoms. The van der Waals surface area contributed by atoms with E-state index in [1.54, 1.807) is 25.1 Å². The summed E-state index contributed by atoms with van der Waals surface area (Å²) in [5.41, 5.74) is 7.14. The topological polar surface area (TPSA) is 126 Å². The Labute approximate surface area is 251 Å². The van der Waals surface area contributed by atoms with Crippen LogP contribution in [0.25, 0.3) is 10.4 Å². The van der Waals surface area contributed by atoms with Crippen molar-refractivity contribution < 1.29 is 33.3 Å². The Morgan fingerprint density at radius 3 is 2.51 bits per heavy atom. The van der Waals surface area contributed by atoms with Crippen LogP contribution in [0.2, 0.25) is 0 Å². The van der Waals surface area contributed by atoms with Crippen molar-refractivity contribution >= 4 is 45.1 Å². The van der Waals surface area contributed by atoms with Crippen LogP contribution in [0.15, 0.2) is 53.0 Å². The molecule has 2 heterocycles. The summed E-state index contributed by atoms with van der Waals surface area (Å²) < 4.78 is 22.8. The minimum absolute atomic E-state index is 0.145. The number of thiophene rings is 1. The van der Waals surface area contributed by atoms with Gasteiger partial charge in [0.1, 0.15) is 5.75 Å². The number of amides is 1. The van der Waals surface area contributed by atoms with Gasteiger partial charge in [-0.2, -0.15) is 0 Å². The van der Waals surface area contributed by atoms with Crippen LogP contribution < -0.4 is 20.5 Å². The van der Waals surface area contributed by atoms with Gasteiger partial charge in [-0.3, -0.25) is 4.79 Å². The Balaban J connectivity index is 1.77. The van der Waals surface area contributed by atoms with E-state index in [4.69, 9.17) is 24.7 Å². The van der Waals surface area contributed by atoms with Gasteiger partial charge in [-0.25, -0.2) is 9.59 Å². The third-order valence-electron chi connectivity index (χ3n) is 7.02. The Morgan fingerprint density at radius 1 is 1.12 bits per heavy atom. The molecule has 0 saturated carbocycles. The Bertz CT molecular complexity index is 1420. The highest BCUT2D eigenvalue weighted by molar-refractivity contribution is 9.10. The summed E-state index contributed by atoms with van der Waals surface area (Å²) in [6, 6.07) is 14.9.